The summed E-state index contributed by atoms with van der Waals surface area (Å²) >= 11 is 0. The van der Waals surface area contributed by atoms with Gasteiger partial charge in [0, 0.05) is 50.5 Å². The highest BCUT2D eigenvalue weighted by molar-refractivity contribution is 5.25. The van der Waals surface area contributed by atoms with Crippen molar-refractivity contribution >= 4 is 0 Å². The summed E-state index contributed by atoms with van der Waals surface area (Å²) in [6.07, 6.45) is 11.3. The van der Waals surface area contributed by atoms with Crippen molar-refractivity contribution in [3.05, 3.63) is 17.5 Å². The topological polar surface area (TPSA) is 30.3 Å². The molecule has 1 aliphatic heterocycles. The van der Waals surface area contributed by atoms with Crippen LogP contribution in [-0.4, -0.2) is 41.0 Å². The maximum Gasteiger partial charge on any atom is 0.0537 e. The number of hydrogen-bond donors (Lipinski definition) is 0. The van der Waals surface area contributed by atoms with Crippen LogP contribution in [0, 0.1) is 0 Å². The molecule has 1 saturated heterocycles. The predicted molar refractivity (Wildman–Crippen MR) is 84.3 cm³/mol. The second-order valence-corrected chi connectivity index (χ2v) is 6.71. The molecule has 0 N–H and O–H groups in total. The van der Waals surface area contributed by atoms with E-state index in [9.17, 15) is 0 Å². The van der Waals surface area contributed by atoms with E-state index in [2.05, 4.69) is 27.9 Å². The first-order valence-electron chi connectivity index (χ1n) is 8.53. The van der Waals surface area contributed by atoms with E-state index >= 15 is 0 Å². The largest absolute Gasteiger partial charge is 0.385 e. The van der Waals surface area contributed by atoms with Gasteiger partial charge in [-0.15, -0.1) is 0 Å². The molecule has 1 aromatic heterocycles. The van der Waals surface area contributed by atoms with Crippen LogP contribution in [0.3, 0.4) is 0 Å². The van der Waals surface area contributed by atoms with E-state index < -0.39 is 0 Å². The molecule has 2 fully saturated rings. The molecule has 0 amide bonds. The van der Waals surface area contributed by atoms with Crippen molar-refractivity contribution in [3.63, 3.8) is 0 Å². The second-order valence-electron chi connectivity index (χ2n) is 6.71. The average Bonchev–Trinajstić information content (AvgIpc) is 3.26. The predicted octanol–water partition coefficient (Wildman–Crippen LogP) is 3.08. The van der Waals surface area contributed by atoms with Crippen molar-refractivity contribution in [3.8, 4) is 0 Å². The molecule has 1 aliphatic carbocycles. The summed E-state index contributed by atoms with van der Waals surface area (Å²) < 4.78 is 7.32. The van der Waals surface area contributed by atoms with E-state index in [4.69, 9.17) is 4.74 Å². The number of piperidine rings is 1. The van der Waals surface area contributed by atoms with Gasteiger partial charge in [0.2, 0.25) is 0 Å². The molecule has 0 radical (unpaired) electrons. The third kappa shape index (κ3) is 3.67. The number of ether oxygens (including phenoxy) is 1. The summed E-state index contributed by atoms with van der Waals surface area (Å²) in [6, 6.07) is 0.737. The van der Waals surface area contributed by atoms with Gasteiger partial charge >= 0.3 is 0 Å². The summed E-state index contributed by atoms with van der Waals surface area (Å²) in [6.45, 7) is 3.23. The monoisotopic (exact) mass is 291 g/mol. The third-order valence-electron chi connectivity index (χ3n) is 5.04. The lowest BCUT2D eigenvalue weighted by Gasteiger charge is -2.36. The summed E-state index contributed by atoms with van der Waals surface area (Å²) in [5.41, 5.74) is 2.97. The van der Waals surface area contributed by atoms with E-state index in [0.29, 0.717) is 0 Å². The van der Waals surface area contributed by atoms with Crippen LogP contribution in [0.2, 0.25) is 0 Å². The molecule has 0 bridgehead atoms. The van der Waals surface area contributed by atoms with Gasteiger partial charge in [0.1, 0.15) is 0 Å². The number of aryl methyl sites for hydroxylation is 1. The van der Waals surface area contributed by atoms with E-state index in [1.54, 1.807) is 7.11 Å². The molecule has 2 aliphatic rings. The lowest BCUT2D eigenvalue weighted by Crippen LogP contribution is -2.39. The van der Waals surface area contributed by atoms with Crippen LogP contribution < -0.4 is 0 Å². The molecular formula is C17H29N3O. The Bertz CT molecular complexity index is 453. The van der Waals surface area contributed by atoms with Crippen LogP contribution in [-0.2, 0) is 18.3 Å². The van der Waals surface area contributed by atoms with Gasteiger partial charge in [-0.3, -0.25) is 9.58 Å². The Morgan fingerprint density at radius 3 is 2.90 bits per heavy atom. The molecule has 4 nitrogen and oxygen atoms in total. The highest BCUT2D eigenvalue weighted by atomic mass is 16.5. The Balaban J connectivity index is 1.64. The van der Waals surface area contributed by atoms with Gasteiger partial charge in [0.05, 0.1) is 6.20 Å². The molecule has 21 heavy (non-hydrogen) atoms. The molecule has 1 atom stereocenters. The number of methoxy groups -OCH3 is 1. The van der Waals surface area contributed by atoms with Crippen molar-refractivity contribution in [1.29, 1.82) is 0 Å². The van der Waals surface area contributed by atoms with Crippen LogP contribution in [0.4, 0.5) is 0 Å². The minimum absolute atomic E-state index is 0.737. The second kappa shape index (κ2) is 6.93. The molecule has 1 saturated carbocycles. The fourth-order valence-electron chi connectivity index (χ4n) is 3.77. The molecular weight excluding hydrogens is 262 g/mol. The van der Waals surface area contributed by atoms with Gasteiger partial charge in [-0.25, -0.2) is 0 Å². The number of likely N-dealkylation sites (tertiary alicyclic amines) is 1. The zero-order chi connectivity index (χ0) is 14.7. The Morgan fingerprint density at radius 1 is 1.29 bits per heavy atom. The molecule has 1 unspecified atom stereocenters. The smallest absolute Gasteiger partial charge is 0.0537 e. The van der Waals surface area contributed by atoms with E-state index in [-0.39, 0.29) is 0 Å². The van der Waals surface area contributed by atoms with E-state index in [1.165, 1.54) is 62.7 Å². The average molecular weight is 291 g/mol. The highest BCUT2D eigenvalue weighted by Crippen LogP contribution is 2.41. The fraction of sp³-hybridized carbons (Fsp3) is 0.824. The summed E-state index contributed by atoms with van der Waals surface area (Å²) in [5, 5.41) is 4.51. The highest BCUT2D eigenvalue weighted by Gasteiger charge is 2.31. The molecule has 4 heteroatoms. The normalized spacial score (nSPS) is 23.6. The van der Waals surface area contributed by atoms with Crippen molar-refractivity contribution < 1.29 is 4.74 Å². The first kappa shape index (κ1) is 15.0. The Kier molecular flexibility index (Phi) is 4.96. The van der Waals surface area contributed by atoms with E-state index in [0.717, 1.165) is 25.1 Å². The first-order chi connectivity index (χ1) is 10.3. The minimum Gasteiger partial charge on any atom is -0.385 e. The molecule has 2 heterocycles. The zero-order valence-corrected chi connectivity index (χ0v) is 13.6. The number of aromatic nitrogens is 2. The van der Waals surface area contributed by atoms with Crippen molar-refractivity contribution in [2.24, 2.45) is 7.05 Å². The van der Waals surface area contributed by atoms with Gasteiger partial charge in [-0.05, 0) is 45.1 Å². The Labute approximate surface area is 128 Å². The molecule has 1 aromatic rings. The molecule has 118 valence electrons. The molecule has 0 spiro atoms. The van der Waals surface area contributed by atoms with Crippen LogP contribution in [0.15, 0.2) is 6.20 Å². The van der Waals surface area contributed by atoms with Crippen molar-refractivity contribution in [2.45, 2.75) is 63.5 Å². The van der Waals surface area contributed by atoms with E-state index in [1.807, 2.05) is 0 Å². The van der Waals surface area contributed by atoms with Crippen molar-refractivity contribution in [1.82, 2.24) is 14.7 Å². The Morgan fingerprint density at radius 2 is 2.14 bits per heavy atom. The van der Waals surface area contributed by atoms with Gasteiger partial charge < -0.3 is 4.74 Å². The SMILES string of the molecule is COCCCC1CCCCN1Cc1cnn(C)c1C1CC1. The number of rotatable bonds is 7. The van der Waals surface area contributed by atoms with Gasteiger partial charge in [-0.2, -0.15) is 5.10 Å². The summed E-state index contributed by atoms with van der Waals surface area (Å²) in [7, 11) is 3.90. The Hall–Kier alpha value is -0.870. The fourth-order valence-corrected chi connectivity index (χ4v) is 3.77. The summed E-state index contributed by atoms with van der Waals surface area (Å²) in [5.74, 6) is 0.782. The number of hydrogen-bond acceptors (Lipinski definition) is 3. The van der Waals surface area contributed by atoms with Gasteiger partial charge in [0.25, 0.3) is 0 Å². The maximum absolute atomic E-state index is 5.22. The van der Waals surface area contributed by atoms with Crippen LogP contribution in [0.1, 0.15) is 62.1 Å². The zero-order valence-electron chi connectivity index (χ0n) is 13.6. The maximum atomic E-state index is 5.22. The van der Waals surface area contributed by atoms with Gasteiger partial charge in [0.15, 0.2) is 0 Å². The van der Waals surface area contributed by atoms with Crippen LogP contribution in [0.25, 0.3) is 0 Å². The quantitative estimate of drug-likeness (QED) is 0.723. The lowest BCUT2D eigenvalue weighted by atomic mass is 9.97. The summed E-state index contributed by atoms with van der Waals surface area (Å²) in [4.78, 5) is 2.70. The van der Waals surface area contributed by atoms with Gasteiger partial charge in [-0.1, -0.05) is 6.42 Å². The van der Waals surface area contributed by atoms with Crippen LogP contribution in [0.5, 0.6) is 0 Å². The molecule has 3 rings (SSSR count). The first-order valence-corrected chi connectivity index (χ1v) is 8.53. The minimum atomic E-state index is 0.737. The number of nitrogens with zero attached hydrogens (tertiary/aromatic N) is 3. The lowest BCUT2D eigenvalue weighted by molar-refractivity contribution is 0.116. The van der Waals surface area contributed by atoms with Crippen molar-refractivity contribution in [2.75, 3.05) is 20.3 Å². The molecule has 0 aromatic carbocycles. The van der Waals surface area contributed by atoms with Crippen LogP contribution >= 0.6 is 0 Å². The third-order valence-corrected chi connectivity index (χ3v) is 5.04. The standard InChI is InChI=1S/C17H29N3O/c1-19-17(14-8-9-14)15(12-18-19)13-20-10-4-3-6-16(20)7-5-11-21-2/h12,14,16H,3-11,13H2,1-2H3.